The van der Waals surface area contributed by atoms with E-state index in [2.05, 4.69) is 12.1 Å². The van der Waals surface area contributed by atoms with Gasteiger partial charge in [-0.15, -0.1) is 0 Å². The number of fused-ring (bicyclic) bond motifs is 1. The van der Waals surface area contributed by atoms with Crippen molar-refractivity contribution in [1.29, 1.82) is 0 Å². The number of hydrogen-bond donors (Lipinski definition) is 1. The molecule has 0 spiro atoms. The van der Waals surface area contributed by atoms with Gasteiger partial charge in [-0.05, 0) is 34.4 Å². The van der Waals surface area contributed by atoms with E-state index in [0.29, 0.717) is 0 Å². The fraction of sp³-hybridized carbons (Fsp3) is 0.200. The molecule has 2 aromatic carbocycles. The zero-order valence-corrected chi connectivity index (χ0v) is 9.52. The summed E-state index contributed by atoms with van der Waals surface area (Å²) in [5.74, 6) is 1.01. The second-order valence-corrected chi connectivity index (χ2v) is 4.28. The number of hydrogen-bond acceptors (Lipinski definition) is 2. The standard InChI is InChI=1S/C15H14O2/c16-10-11-1-3-12(4-2-11)13-5-6-15-14(9-13)7-8-17-15/h1-6,9,16H,7-8,10H2. The van der Waals surface area contributed by atoms with Crippen LogP contribution in [0.25, 0.3) is 11.1 Å². The summed E-state index contributed by atoms with van der Waals surface area (Å²) >= 11 is 0. The maximum atomic E-state index is 9.01. The largest absolute Gasteiger partial charge is 0.493 e. The van der Waals surface area contributed by atoms with Gasteiger partial charge in [-0.3, -0.25) is 0 Å². The van der Waals surface area contributed by atoms with Gasteiger partial charge in [0, 0.05) is 6.42 Å². The molecule has 86 valence electrons. The van der Waals surface area contributed by atoms with Crippen LogP contribution in [0.5, 0.6) is 5.75 Å². The second-order valence-electron chi connectivity index (χ2n) is 4.28. The average Bonchev–Trinajstić information content (AvgIpc) is 2.86. The summed E-state index contributed by atoms with van der Waals surface area (Å²) in [6.45, 7) is 0.889. The van der Waals surface area contributed by atoms with Gasteiger partial charge in [0.1, 0.15) is 5.75 Å². The lowest BCUT2D eigenvalue weighted by atomic mass is 10.0. The number of ether oxygens (including phenoxy) is 1. The smallest absolute Gasteiger partial charge is 0.122 e. The zero-order valence-electron chi connectivity index (χ0n) is 9.52. The quantitative estimate of drug-likeness (QED) is 0.853. The summed E-state index contributed by atoms with van der Waals surface area (Å²) in [6, 6.07) is 14.3. The van der Waals surface area contributed by atoms with Crippen LogP contribution >= 0.6 is 0 Å². The van der Waals surface area contributed by atoms with Gasteiger partial charge in [0.15, 0.2) is 0 Å². The van der Waals surface area contributed by atoms with Crippen LogP contribution in [-0.4, -0.2) is 11.7 Å². The van der Waals surface area contributed by atoms with Crippen molar-refractivity contribution < 1.29 is 9.84 Å². The van der Waals surface area contributed by atoms with Gasteiger partial charge in [-0.1, -0.05) is 30.3 Å². The lowest BCUT2D eigenvalue weighted by molar-refractivity contribution is 0.282. The molecule has 1 N–H and O–H groups in total. The number of rotatable bonds is 2. The molecule has 0 saturated heterocycles. The van der Waals surface area contributed by atoms with E-state index in [-0.39, 0.29) is 6.61 Å². The van der Waals surface area contributed by atoms with Gasteiger partial charge in [-0.25, -0.2) is 0 Å². The van der Waals surface area contributed by atoms with Crippen LogP contribution in [0.15, 0.2) is 42.5 Å². The van der Waals surface area contributed by atoms with Crippen molar-refractivity contribution in [2.75, 3.05) is 6.61 Å². The molecule has 0 saturated carbocycles. The Morgan fingerprint density at radius 3 is 2.53 bits per heavy atom. The van der Waals surface area contributed by atoms with Gasteiger partial charge >= 0.3 is 0 Å². The first-order valence-corrected chi connectivity index (χ1v) is 5.83. The highest BCUT2D eigenvalue weighted by atomic mass is 16.5. The molecule has 1 aliphatic rings. The predicted molar refractivity (Wildman–Crippen MR) is 67.0 cm³/mol. The molecule has 0 aliphatic carbocycles. The molecular formula is C15H14O2. The van der Waals surface area contributed by atoms with Crippen molar-refractivity contribution in [3.63, 3.8) is 0 Å². The molecule has 0 atom stereocenters. The Morgan fingerprint density at radius 1 is 1.00 bits per heavy atom. The minimum absolute atomic E-state index is 0.0955. The monoisotopic (exact) mass is 226 g/mol. The highest BCUT2D eigenvalue weighted by Crippen LogP contribution is 2.30. The molecule has 17 heavy (non-hydrogen) atoms. The third-order valence-corrected chi connectivity index (χ3v) is 3.16. The summed E-state index contributed by atoms with van der Waals surface area (Å²) in [6.07, 6.45) is 0.998. The van der Waals surface area contributed by atoms with Gasteiger partial charge < -0.3 is 9.84 Å². The molecule has 1 aliphatic heterocycles. The molecule has 0 aromatic heterocycles. The van der Waals surface area contributed by atoms with Crippen molar-refractivity contribution in [1.82, 2.24) is 0 Å². The van der Waals surface area contributed by atoms with E-state index in [1.54, 1.807) is 0 Å². The van der Waals surface area contributed by atoms with Crippen molar-refractivity contribution in [2.24, 2.45) is 0 Å². The number of aliphatic hydroxyl groups is 1. The molecule has 2 aromatic rings. The van der Waals surface area contributed by atoms with E-state index >= 15 is 0 Å². The van der Waals surface area contributed by atoms with Crippen molar-refractivity contribution in [3.05, 3.63) is 53.6 Å². The Balaban J connectivity index is 1.97. The zero-order chi connectivity index (χ0) is 11.7. The number of aliphatic hydroxyl groups excluding tert-OH is 1. The summed E-state index contributed by atoms with van der Waals surface area (Å²) < 4.78 is 5.49. The average molecular weight is 226 g/mol. The van der Waals surface area contributed by atoms with Crippen LogP contribution in [0.2, 0.25) is 0 Å². The first-order chi connectivity index (χ1) is 8.36. The third-order valence-electron chi connectivity index (χ3n) is 3.16. The molecule has 3 rings (SSSR count). The van der Waals surface area contributed by atoms with E-state index in [4.69, 9.17) is 9.84 Å². The first kappa shape index (κ1) is 10.4. The van der Waals surface area contributed by atoms with E-state index in [9.17, 15) is 0 Å². The van der Waals surface area contributed by atoms with Crippen molar-refractivity contribution >= 4 is 0 Å². The van der Waals surface area contributed by atoms with E-state index in [1.165, 1.54) is 16.7 Å². The summed E-state index contributed by atoms with van der Waals surface area (Å²) in [5.41, 5.74) is 4.61. The molecule has 0 fully saturated rings. The minimum Gasteiger partial charge on any atom is -0.493 e. The van der Waals surface area contributed by atoms with Crippen LogP contribution in [0, 0.1) is 0 Å². The SMILES string of the molecule is OCc1ccc(-c2ccc3c(c2)CCO3)cc1. The Hall–Kier alpha value is -1.80. The Labute approximate surface area is 100 Å². The molecule has 1 heterocycles. The first-order valence-electron chi connectivity index (χ1n) is 5.83. The van der Waals surface area contributed by atoms with Crippen LogP contribution in [-0.2, 0) is 13.0 Å². The molecule has 0 unspecified atom stereocenters. The maximum absolute atomic E-state index is 9.01. The normalized spacial score (nSPS) is 13.2. The fourth-order valence-corrected chi connectivity index (χ4v) is 2.17. The van der Waals surface area contributed by atoms with Crippen LogP contribution in [0.1, 0.15) is 11.1 Å². The molecule has 0 bridgehead atoms. The lowest BCUT2D eigenvalue weighted by Crippen LogP contribution is -1.85. The summed E-state index contributed by atoms with van der Waals surface area (Å²) in [5, 5.41) is 9.01. The molecule has 0 radical (unpaired) electrons. The fourth-order valence-electron chi connectivity index (χ4n) is 2.17. The highest BCUT2D eigenvalue weighted by molar-refractivity contribution is 5.66. The predicted octanol–water partition coefficient (Wildman–Crippen LogP) is 2.78. The van der Waals surface area contributed by atoms with E-state index in [1.807, 2.05) is 30.3 Å². The summed E-state index contributed by atoms with van der Waals surface area (Å²) in [7, 11) is 0. The van der Waals surface area contributed by atoms with Gasteiger partial charge in [0.05, 0.1) is 13.2 Å². The van der Waals surface area contributed by atoms with Gasteiger partial charge in [0.2, 0.25) is 0 Å². The Bertz CT molecular complexity index is 529. The van der Waals surface area contributed by atoms with Crippen LogP contribution in [0.4, 0.5) is 0 Å². The maximum Gasteiger partial charge on any atom is 0.122 e. The number of benzene rings is 2. The molecule has 2 nitrogen and oxygen atoms in total. The topological polar surface area (TPSA) is 29.5 Å². The van der Waals surface area contributed by atoms with Gasteiger partial charge in [0.25, 0.3) is 0 Å². The molecule has 2 heteroatoms. The van der Waals surface area contributed by atoms with Crippen LogP contribution < -0.4 is 4.74 Å². The van der Waals surface area contributed by atoms with E-state index in [0.717, 1.165) is 24.3 Å². The Kier molecular flexibility index (Phi) is 2.57. The Morgan fingerprint density at radius 2 is 1.76 bits per heavy atom. The van der Waals surface area contributed by atoms with Crippen molar-refractivity contribution in [3.8, 4) is 16.9 Å². The van der Waals surface area contributed by atoms with Gasteiger partial charge in [-0.2, -0.15) is 0 Å². The highest BCUT2D eigenvalue weighted by Gasteiger charge is 2.12. The summed E-state index contributed by atoms with van der Waals surface area (Å²) in [4.78, 5) is 0. The van der Waals surface area contributed by atoms with E-state index < -0.39 is 0 Å². The second kappa shape index (κ2) is 4.22. The lowest BCUT2D eigenvalue weighted by Gasteiger charge is -2.05. The third kappa shape index (κ3) is 1.92. The minimum atomic E-state index is 0.0955. The van der Waals surface area contributed by atoms with Crippen LogP contribution in [0.3, 0.4) is 0 Å². The van der Waals surface area contributed by atoms with Crippen molar-refractivity contribution in [2.45, 2.75) is 13.0 Å². The molecular weight excluding hydrogens is 212 g/mol. The molecule has 0 amide bonds.